The zero-order chi connectivity index (χ0) is 15.7. The van der Waals surface area contributed by atoms with Gasteiger partial charge in [0.2, 0.25) is 0 Å². The van der Waals surface area contributed by atoms with E-state index in [0.29, 0.717) is 18.0 Å². The van der Waals surface area contributed by atoms with E-state index in [1.54, 1.807) is 0 Å². The van der Waals surface area contributed by atoms with E-state index in [1.807, 2.05) is 12.1 Å². The Balaban J connectivity index is 1.72. The number of hydrogen-bond donors (Lipinski definition) is 2. The average molecular weight is 317 g/mol. The number of aryl methyl sites for hydroxylation is 1. The van der Waals surface area contributed by atoms with Crippen molar-refractivity contribution in [1.29, 1.82) is 0 Å². The molecule has 0 atom stereocenters. The summed E-state index contributed by atoms with van der Waals surface area (Å²) in [6.07, 6.45) is 0.777. The molecule has 0 aliphatic carbocycles. The van der Waals surface area contributed by atoms with Crippen LogP contribution in [0.5, 0.6) is 5.75 Å². The van der Waals surface area contributed by atoms with Crippen LogP contribution in [0.3, 0.4) is 0 Å². The van der Waals surface area contributed by atoms with Gasteiger partial charge in [-0.05, 0) is 43.3 Å². The molecule has 22 heavy (non-hydrogen) atoms. The van der Waals surface area contributed by atoms with Crippen molar-refractivity contribution in [3.63, 3.8) is 0 Å². The van der Waals surface area contributed by atoms with Crippen LogP contribution in [0.2, 0.25) is 0 Å². The highest BCUT2D eigenvalue weighted by Gasteiger charge is 2.20. The van der Waals surface area contributed by atoms with Crippen molar-refractivity contribution >= 4 is 12.2 Å². The first-order chi connectivity index (χ1) is 10.5. The van der Waals surface area contributed by atoms with Gasteiger partial charge in [-0.25, -0.2) is 0 Å². The molecule has 2 heterocycles. The Bertz CT molecular complexity index is 810. The highest BCUT2D eigenvalue weighted by atomic mass is 32.1. The smallest absolute Gasteiger partial charge is 0.256 e. The van der Waals surface area contributed by atoms with Gasteiger partial charge in [0.05, 0.1) is 5.56 Å². The molecule has 2 N–H and O–H groups in total. The second kappa shape index (κ2) is 6.06. The van der Waals surface area contributed by atoms with Crippen molar-refractivity contribution in [3.05, 3.63) is 55.7 Å². The summed E-state index contributed by atoms with van der Waals surface area (Å²) in [6, 6.07) is 6.04. The molecule has 2 aromatic rings. The molecule has 0 radical (unpaired) electrons. The summed E-state index contributed by atoms with van der Waals surface area (Å²) in [4.78, 5) is 19.8. The van der Waals surface area contributed by atoms with E-state index >= 15 is 0 Å². The third kappa shape index (κ3) is 2.98. The highest BCUT2D eigenvalue weighted by molar-refractivity contribution is 7.71. The molecule has 1 aromatic heterocycles. The number of hydrogen-bond acceptors (Lipinski definition) is 4. The Labute approximate surface area is 134 Å². The zero-order valence-electron chi connectivity index (χ0n) is 12.7. The van der Waals surface area contributed by atoms with E-state index in [4.69, 9.17) is 17.0 Å². The van der Waals surface area contributed by atoms with Crippen molar-refractivity contribution in [3.8, 4) is 5.75 Å². The summed E-state index contributed by atoms with van der Waals surface area (Å²) in [5, 5.41) is 0. The lowest BCUT2D eigenvalue weighted by Gasteiger charge is -2.27. The van der Waals surface area contributed by atoms with E-state index in [-0.39, 0.29) is 5.56 Å². The van der Waals surface area contributed by atoms with E-state index < -0.39 is 0 Å². The summed E-state index contributed by atoms with van der Waals surface area (Å²) in [5.74, 6) is 0.896. The summed E-state index contributed by atoms with van der Waals surface area (Å²) in [5.41, 5.74) is 3.96. The van der Waals surface area contributed by atoms with Gasteiger partial charge >= 0.3 is 0 Å². The highest BCUT2D eigenvalue weighted by Crippen LogP contribution is 2.21. The minimum atomic E-state index is -0.102. The van der Waals surface area contributed by atoms with E-state index in [1.165, 1.54) is 5.56 Å². The van der Waals surface area contributed by atoms with Crippen LogP contribution in [-0.2, 0) is 13.0 Å². The fourth-order valence-corrected chi connectivity index (χ4v) is 2.88. The van der Waals surface area contributed by atoms with Crippen LogP contribution in [-0.4, -0.2) is 28.1 Å². The molecule has 1 aliphatic rings. The third-order valence-corrected chi connectivity index (χ3v) is 4.35. The molecule has 0 fully saturated rings. The standard InChI is InChI=1S/C16H19N3O2S/c1-10-4-3-5-14(11(10)2)21-9-19-7-6-13-12(8-19)15(20)18-16(22)17-13/h3-5H,6-9H2,1-2H3,(H2,17,18,20,22). The normalized spacial score (nSPS) is 14.6. The van der Waals surface area contributed by atoms with Crippen molar-refractivity contribution in [2.75, 3.05) is 13.3 Å². The largest absolute Gasteiger partial charge is 0.478 e. The molecule has 3 rings (SSSR count). The minimum absolute atomic E-state index is 0.102. The van der Waals surface area contributed by atoms with Gasteiger partial charge in [0.1, 0.15) is 12.5 Å². The molecular weight excluding hydrogens is 298 g/mol. The maximum absolute atomic E-state index is 12.0. The van der Waals surface area contributed by atoms with Crippen LogP contribution in [0.4, 0.5) is 0 Å². The second-order valence-electron chi connectivity index (χ2n) is 5.64. The number of benzene rings is 1. The lowest BCUT2D eigenvalue weighted by molar-refractivity contribution is 0.112. The summed E-state index contributed by atoms with van der Waals surface area (Å²) >= 11 is 5.01. The van der Waals surface area contributed by atoms with E-state index in [0.717, 1.165) is 35.5 Å². The summed E-state index contributed by atoms with van der Waals surface area (Å²) in [6.45, 7) is 6.01. The summed E-state index contributed by atoms with van der Waals surface area (Å²) < 4.78 is 6.31. The maximum atomic E-state index is 12.0. The van der Waals surface area contributed by atoms with Gasteiger partial charge in [-0.1, -0.05) is 12.1 Å². The van der Waals surface area contributed by atoms with Crippen LogP contribution in [0.15, 0.2) is 23.0 Å². The van der Waals surface area contributed by atoms with Gasteiger partial charge in [0.25, 0.3) is 5.56 Å². The minimum Gasteiger partial charge on any atom is -0.478 e. The van der Waals surface area contributed by atoms with Crippen LogP contribution < -0.4 is 10.3 Å². The molecule has 0 saturated heterocycles. The molecule has 1 aliphatic heterocycles. The Morgan fingerprint density at radius 2 is 2.14 bits per heavy atom. The molecule has 6 heteroatoms. The van der Waals surface area contributed by atoms with Crippen LogP contribution in [0.1, 0.15) is 22.4 Å². The molecule has 1 aromatic carbocycles. The van der Waals surface area contributed by atoms with Gasteiger partial charge in [-0.2, -0.15) is 0 Å². The lowest BCUT2D eigenvalue weighted by Crippen LogP contribution is -2.37. The number of ether oxygens (including phenoxy) is 1. The molecule has 0 bridgehead atoms. The molecule has 0 unspecified atom stereocenters. The Kier molecular flexibility index (Phi) is 4.13. The van der Waals surface area contributed by atoms with Crippen molar-refractivity contribution in [2.24, 2.45) is 0 Å². The van der Waals surface area contributed by atoms with Crippen LogP contribution in [0.25, 0.3) is 0 Å². The molecule has 0 amide bonds. The number of fused-ring (bicyclic) bond motifs is 1. The predicted molar refractivity (Wildman–Crippen MR) is 87.8 cm³/mol. The van der Waals surface area contributed by atoms with Gasteiger partial charge in [0.15, 0.2) is 4.77 Å². The number of rotatable bonds is 3. The van der Waals surface area contributed by atoms with Crippen molar-refractivity contribution in [2.45, 2.75) is 26.8 Å². The fraction of sp³-hybridized carbons (Fsp3) is 0.375. The first-order valence-corrected chi connectivity index (χ1v) is 7.71. The van der Waals surface area contributed by atoms with Crippen molar-refractivity contribution in [1.82, 2.24) is 14.9 Å². The van der Waals surface area contributed by atoms with Crippen LogP contribution in [0, 0.1) is 18.6 Å². The SMILES string of the molecule is Cc1cccc(OCN2CCc3[nH]c(=S)[nH]c(=O)c3C2)c1C. The van der Waals surface area contributed by atoms with Crippen molar-refractivity contribution < 1.29 is 4.74 Å². The van der Waals surface area contributed by atoms with Gasteiger partial charge in [-0.15, -0.1) is 0 Å². The number of nitrogens with zero attached hydrogens (tertiary/aromatic N) is 1. The lowest BCUT2D eigenvalue weighted by atomic mass is 10.1. The molecule has 0 saturated carbocycles. The maximum Gasteiger partial charge on any atom is 0.256 e. The van der Waals surface area contributed by atoms with E-state index in [2.05, 4.69) is 34.8 Å². The monoisotopic (exact) mass is 317 g/mol. The number of nitrogens with one attached hydrogen (secondary N) is 2. The number of aromatic nitrogens is 2. The summed E-state index contributed by atoms with van der Waals surface area (Å²) in [7, 11) is 0. The molecule has 5 nitrogen and oxygen atoms in total. The topological polar surface area (TPSA) is 61.1 Å². The molecule has 0 spiro atoms. The first kappa shape index (κ1) is 15.0. The fourth-order valence-electron chi connectivity index (χ4n) is 2.66. The Hall–Kier alpha value is -1.92. The van der Waals surface area contributed by atoms with Crippen LogP contribution >= 0.6 is 12.2 Å². The molecular formula is C16H19N3O2S. The predicted octanol–water partition coefficient (Wildman–Crippen LogP) is 2.44. The zero-order valence-corrected chi connectivity index (χ0v) is 13.5. The second-order valence-corrected chi connectivity index (χ2v) is 6.05. The van der Waals surface area contributed by atoms with Gasteiger partial charge in [0, 0.05) is 25.2 Å². The number of H-pyrrole nitrogens is 2. The first-order valence-electron chi connectivity index (χ1n) is 7.30. The quantitative estimate of drug-likeness (QED) is 0.854. The van der Waals surface area contributed by atoms with E-state index in [9.17, 15) is 4.79 Å². The molecule has 116 valence electrons. The van der Waals surface area contributed by atoms with Gasteiger partial charge in [-0.3, -0.25) is 14.7 Å². The van der Waals surface area contributed by atoms with Gasteiger partial charge < -0.3 is 9.72 Å². The Morgan fingerprint density at radius 3 is 2.95 bits per heavy atom. The average Bonchev–Trinajstić information content (AvgIpc) is 2.49. The Morgan fingerprint density at radius 1 is 1.32 bits per heavy atom. The third-order valence-electron chi connectivity index (χ3n) is 4.15. The number of aromatic amines is 2.